The highest BCUT2D eigenvalue weighted by atomic mass is 16.6. The Kier molecular flexibility index (Phi) is 3.07. The van der Waals surface area contributed by atoms with E-state index in [9.17, 15) is 10.1 Å². The molecule has 0 aliphatic carbocycles. The molecule has 2 aromatic heterocycles. The number of nitrogen functional groups attached to an aromatic ring is 1. The minimum Gasteiger partial charge on any atom is -0.397 e. The largest absolute Gasteiger partial charge is 0.397 e. The van der Waals surface area contributed by atoms with E-state index >= 15 is 0 Å². The van der Waals surface area contributed by atoms with E-state index in [1.807, 2.05) is 0 Å². The molecule has 21 heavy (non-hydrogen) atoms. The van der Waals surface area contributed by atoms with Gasteiger partial charge < -0.3 is 5.73 Å². The van der Waals surface area contributed by atoms with Crippen molar-refractivity contribution in [3.8, 4) is 17.1 Å². The Bertz CT molecular complexity index is 795. The standard InChI is InChI=1S/C14H11N5O2/c15-12-2-1-8-16-14(12)13-7-9-17-18(13)10-3-5-11(6-4-10)19(20)21/h1-9H,15H2. The van der Waals surface area contributed by atoms with Crippen molar-refractivity contribution in [1.82, 2.24) is 14.8 Å². The Morgan fingerprint density at radius 2 is 1.86 bits per heavy atom. The van der Waals surface area contributed by atoms with Crippen LogP contribution >= 0.6 is 0 Å². The second-order valence-electron chi connectivity index (χ2n) is 4.34. The monoisotopic (exact) mass is 281 g/mol. The average molecular weight is 281 g/mol. The summed E-state index contributed by atoms with van der Waals surface area (Å²) in [6.07, 6.45) is 3.28. The number of hydrogen-bond donors (Lipinski definition) is 1. The van der Waals surface area contributed by atoms with Crippen LogP contribution in [0.15, 0.2) is 54.9 Å². The summed E-state index contributed by atoms with van der Waals surface area (Å²) in [5.41, 5.74) is 8.55. The fourth-order valence-corrected chi connectivity index (χ4v) is 2.04. The molecule has 0 bridgehead atoms. The molecule has 0 saturated heterocycles. The van der Waals surface area contributed by atoms with E-state index in [-0.39, 0.29) is 5.69 Å². The normalized spacial score (nSPS) is 10.5. The Balaban J connectivity index is 2.07. The quantitative estimate of drug-likeness (QED) is 0.587. The summed E-state index contributed by atoms with van der Waals surface area (Å²) in [6.45, 7) is 0. The summed E-state index contributed by atoms with van der Waals surface area (Å²) in [6, 6.07) is 11.4. The SMILES string of the molecule is Nc1cccnc1-c1ccnn1-c1ccc([N+](=O)[O-])cc1. The molecular formula is C14H11N5O2. The number of aromatic nitrogens is 3. The highest BCUT2D eigenvalue weighted by Gasteiger charge is 2.12. The van der Waals surface area contributed by atoms with Gasteiger partial charge in [0, 0.05) is 18.3 Å². The zero-order valence-corrected chi connectivity index (χ0v) is 10.9. The van der Waals surface area contributed by atoms with E-state index < -0.39 is 4.92 Å². The number of pyridine rings is 1. The fourth-order valence-electron chi connectivity index (χ4n) is 2.04. The van der Waals surface area contributed by atoms with Crippen molar-refractivity contribution in [1.29, 1.82) is 0 Å². The number of nitrogens with two attached hydrogens (primary N) is 1. The van der Waals surface area contributed by atoms with Crippen molar-refractivity contribution in [3.63, 3.8) is 0 Å². The number of rotatable bonds is 3. The van der Waals surface area contributed by atoms with Gasteiger partial charge in [-0.2, -0.15) is 5.10 Å². The zero-order chi connectivity index (χ0) is 14.8. The van der Waals surface area contributed by atoms with Crippen LogP contribution in [0.25, 0.3) is 17.1 Å². The van der Waals surface area contributed by atoms with E-state index in [1.54, 1.807) is 47.4 Å². The van der Waals surface area contributed by atoms with E-state index in [4.69, 9.17) is 5.73 Å². The summed E-state index contributed by atoms with van der Waals surface area (Å²) in [7, 11) is 0. The molecule has 2 N–H and O–H groups in total. The smallest absolute Gasteiger partial charge is 0.269 e. The lowest BCUT2D eigenvalue weighted by Gasteiger charge is -2.08. The molecule has 7 heteroatoms. The molecule has 0 atom stereocenters. The van der Waals surface area contributed by atoms with Crippen LogP contribution in [0.1, 0.15) is 0 Å². The van der Waals surface area contributed by atoms with Gasteiger partial charge in [-0.05, 0) is 30.3 Å². The molecule has 0 radical (unpaired) electrons. The number of non-ortho nitro benzene ring substituents is 1. The van der Waals surface area contributed by atoms with E-state index in [2.05, 4.69) is 10.1 Å². The maximum atomic E-state index is 10.7. The van der Waals surface area contributed by atoms with Crippen LogP contribution < -0.4 is 5.73 Å². The van der Waals surface area contributed by atoms with Gasteiger partial charge in [0.2, 0.25) is 0 Å². The first-order valence-corrected chi connectivity index (χ1v) is 6.16. The predicted molar refractivity (Wildman–Crippen MR) is 77.9 cm³/mol. The summed E-state index contributed by atoms with van der Waals surface area (Å²) >= 11 is 0. The summed E-state index contributed by atoms with van der Waals surface area (Å²) in [5, 5.41) is 14.9. The van der Waals surface area contributed by atoms with Gasteiger partial charge in [0.25, 0.3) is 5.69 Å². The maximum absolute atomic E-state index is 10.7. The van der Waals surface area contributed by atoms with Crippen LogP contribution in [0.5, 0.6) is 0 Å². The Morgan fingerprint density at radius 3 is 2.52 bits per heavy atom. The summed E-state index contributed by atoms with van der Waals surface area (Å²) in [4.78, 5) is 14.5. The lowest BCUT2D eigenvalue weighted by Crippen LogP contribution is -2.02. The first kappa shape index (κ1) is 12.8. The first-order chi connectivity index (χ1) is 10.2. The second kappa shape index (κ2) is 5.04. The molecule has 104 valence electrons. The van der Waals surface area contributed by atoms with Gasteiger partial charge in [0.15, 0.2) is 0 Å². The third-order valence-corrected chi connectivity index (χ3v) is 3.03. The minimum atomic E-state index is -0.440. The molecule has 3 aromatic rings. The lowest BCUT2D eigenvalue weighted by atomic mass is 10.2. The van der Waals surface area contributed by atoms with Crippen molar-refractivity contribution in [3.05, 3.63) is 65.0 Å². The number of nitrogens with zero attached hydrogens (tertiary/aromatic N) is 4. The Morgan fingerprint density at radius 1 is 1.10 bits per heavy atom. The molecule has 7 nitrogen and oxygen atoms in total. The van der Waals surface area contributed by atoms with Crippen molar-refractivity contribution in [2.75, 3.05) is 5.73 Å². The molecule has 3 rings (SSSR count). The molecule has 0 fully saturated rings. The third-order valence-electron chi connectivity index (χ3n) is 3.03. The molecule has 1 aromatic carbocycles. The number of hydrogen-bond acceptors (Lipinski definition) is 5. The molecule has 0 unspecified atom stereocenters. The Hall–Kier alpha value is -3.22. The van der Waals surface area contributed by atoms with E-state index in [0.717, 1.165) is 5.69 Å². The van der Waals surface area contributed by atoms with Gasteiger partial charge in [-0.15, -0.1) is 0 Å². The minimum absolute atomic E-state index is 0.0322. The molecule has 2 heterocycles. The fraction of sp³-hybridized carbons (Fsp3) is 0. The van der Waals surface area contributed by atoms with Crippen molar-refractivity contribution < 1.29 is 4.92 Å². The molecule has 0 aliphatic rings. The van der Waals surface area contributed by atoms with Crippen LogP contribution in [0, 0.1) is 10.1 Å². The van der Waals surface area contributed by atoms with Crippen molar-refractivity contribution in [2.45, 2.75) is 0 Å². The molecule has 0 spiro atoms. The molecule has 0 amide bonds. The highest BCUT2D eigenvalue weighted by Crippen LogP contribution is 2.25. The second-order valence-corrected chi connectivity index (χ2v) is 4.34. The maximum Gasteiger partial charge on any atom is 0.269 e. The van der Waals surface area contributed by atoms with Gasteiger partial charge in [-0.3, -0.25) is 15.1 Å². The number of nitro benzene ring substituents is 1. The van der Waals surface area contributed by atoms with Gasteiger partial charge in [0.1, 0.15) is 5.69 Å². The zero-order valence-electron chi connectivity index (χ0n) is 10.9. The van der Waals surface area contributed by atoms with Crippen molar-refractivity contribution in [2.24, 2.45) is 0 Å². The third kappa shape index (κ3) is 2.32. The number of benzene rings is 1. The first-order valence-electron chi connectivity index (χ1n) is 6.16. The predicted octanol–water partition coefficient (Wildman–Crippen LogP) is 2.42. The van der Waals surface area contributed by atoms with Gasteiger partial charge >= 0.3 is 0 Å². The summed E-state index contributed by atoms with van der Waals surface area (Å²) in [5.74, 6) is 0. The van der Waals surface area contributed by atoms with E-state index in [1.165, 1.54) is 12.1 Å². The highest BCUT2D eigenvalue weighted by molar-refractivity contribution is 5.70. The molecular weight excluding hydrogens is 270 g/mol. The van der Waals surface area contributed by atoms with Crippen LogP contribution in [0.4, 0.5) is 11.4 Å². The number of nitro groups is 1. The van der Waals surface area contributed by atoms with Gasteiger partial charge in [-0.25, -0.2) is 4.68 Å². The molecule has 0 aliphatic heterocycles. The van der Waals surface area contributed by atoms with Crippen LogP contribution in [0.3, 0.4) is 0 Å². The lowest BCUT2D eigenvalue weighted by molar-refractivity contribution is -0.384. The topological polar surface area (TPSA) is 99.9 Å². The number of anilines is 1. The van der Waals surface area contributed by atoms with Gasteiger partial charge in [0.05, 0.1) is 28.2 Å². The average Bonchev–Trinajstić information content (AvgIpc) is 2.97. The Labute approximate surface area is 119 Å². The molecule has 0 saturated carbocycles. The van der Waals surface area contributed by atoms with Crippen LogP contribution in [-0.4, -0.2) is 19.7 Å². The van der Waals surface area contributed by atoms with Crippen LogP contribution in [0.2, 0.25) is 0 Å². The van der Waals surface area contributed by atoms with Crippen LogP contribution in [-0.2, 0) is 0 Å². The van der Waals surface area contributed by atoms with Crippen molar-refractivity contribution >= 4 is 11.4 Å². The summed E-state index contributed by atoms with van der Waals surface area (Å²) < 4.78 is 1.64. The van der Waals surface area contributed by atoms with Gasteiger partial charge in [-0.1, -0.05) is 0 Å². The van der Waals surface area contributed by atoms with E-state index in [0.29, 0.717) is 17.1 Å².